The van der Waals surface area contributed by atoms with Gasteiger partial charge < -0.3 is 10.4 Å². The Labute approximate surface area is 108 Å². The number of hydrogen-bond donors (Lipinski definition) is 2. The van der Waals surface area contributed by atoms with Crippen LogP contribution in [-0.4, -0.2) is 34.7 Å². The summed E-state index contributed by atoms with van der Waals surface area (Å²) in [6, 6.07) is 0.212. The summed E-state index contributed by atoms with van der Waals surface area (Å²) in [6.45, 7) is 0.211. The van der Waals surface area contributed by atoms with Gasteiger partial charge in [0.1, 0.15) is 0 Å². The normalized spacial score (nSPS) is 34.3. The average molecular weight is 257 g/mol. The van der Waals surface area contributed by atoms with E-state index in [0.29, 0.717) is 0 Å². The minimum Gasteiger partial charge on any atom is -0.396 e. The van der Waals surface area contributed by atoms with Crippen LogP contribution in [0.3, 0.4) is 0 Å². The highest BCUT2D eigenvalue weighted by atomic mass is 32.2. The van der Waals surface area contributed by atoms with Gasteiger partial charge in [-0.15, -0.1) is 11.8 Å². The number of carbonyl (C=O) groups excluding carboxylic acids is 1. The molecule has 0 aromatic carbocycles. The van der Waals surface area contributed by atoms with Crippen LogP contribution in [0.2, 0.25) is 0 Å². The molecule has 3 atom stereocenters. The Morgan fingerprint density at radius 1 is 1.18 bits per heavy atom. The highest BCUT2D eigenvalue weighted by Gasteiger charge is 2.29. The van der Waals surface area contributed by atoms with E-state index in [1.807, 2.05) is 0 Å². The Hall–Kier alpha value is -0.220. The zero-order chi connectivity index (χ0) is 12.1. The van der Waals surface area contributed by atoms with Gasteiger partial charge in [-0.1, -0.05) is 19.3 Å². The van der Waals surface area contributed by atoms with Crippen molar-refractivity contribution in [3.63, 3.8) is 0 Å². The Kier molecular flexibility index (Phi) is 5.16. The molecule has 1 saturated heterocycles. The van der Waals surface area contributed by atoms with E-state index in [-0.39, 0.29) is 29.7 Å². The summed E-state index contributed by atoms with van der Waals surface area (Å²) in [5, 5.41) is 12.7. The predicted octanol–water partition coefficient (Wildman–Crippen LogP) is 1.94. The van der Waals surface area contributed by atoms with Gasteiger partial charge in [0.05, 0.1) is 5.25 Å². The summed E-state index contributed by atoms with van der Waals surface area (Å²) in [4.78, 5) is 12.1. The van der Waals surface area contributed by atoms with Gasteiger partial charge in [0.15, 0.2) is 0 Å². The van der Waals surface area contributed by atoms with E-state index < -0.39 is 0 Å². The van der Waals surface area contributed by atoms with Gasteiger partial charge >= 0.3 is 0 Å². The van der Waals surface area contributed by atoms with Crippen molar-refractivity contribution in [2.24, 2.45) is 5.92 Å². The summed E-state index contributed by atoms with van der Waals surface area (Å²) in [7, 11) is 0. The molecule has 2 N–H and O–H groups in total. The largest absolute Gasteiger partial charge is 0.396 e. The predicted molar refractivity (Wildman–Crippen MR) is 71.1 cm³/mol. The summed E-state index contributed by atoms with van der Waals surface area (Å²) in [6.07, 6.45) is 7.91. The van der Waals surface area contributed by atoms with Crippen LogP contribution in [0, 0.1) is 5.92 Å². The smallest absolute Gasteiger partial charge is 0.233 e. The first kappa shape index (κ1) is 13.2. The zero-order valence-electron chi connectivity index (χ0n) is 10.4. The van der Waals surface area contributed by atoms with Crippen molar-refractivity contribution in [3.8, 4) is 0 Å². The van der Waals surface area contributed by atoms with E-state index in [2.05, 4.69) is 5.32 Å². The van der Waals surface area contributed by atoms with Gasteiger partial charge in [-0.05, 0) is 31.4 Å². The molecule has 0 aromatic heterocycles. The first-order valence-corrected chi connectivity index (χ1v) is 7.89. The third-order valence-corrected chi connectivity index (χ3v) is 5.32. The highest BCUT2D eigenvalue weighted by Crippen LogP contribution is 2.27. The lowest BCUT2D eigenvalue weighted by Crippen LogP contribution is -2.46. The maximum absolute atomic E-state index is 12.1. The van der Waals surface area contributed by atoms with Crippen LogP contribution in [0.4, 0.5) is 0 Å². The third kappa shape index (κ3) is 3.62. The number of nitrogens with one attached hydrogen (secondary N) is 1. The molecule has 3 unspecified atom stereocenters. The molecule has 1 amide bonds. The Balaban J connectivity index is 1.83. The fourth-order valence-electron chi connectivity index (χ4n) is 2.84. The molecule has 2 aliphatic rings. The average Bonchev–Trinajstić information content (AvgIpc) is 2.40. The SMILES string of the molecule is O=C(NC1CCCCC1CO)C1CCCCS1. The summed E-state index contributed by atoms with van der Waals surface area (Å²) in [5.74, 6) is 1.60. The fourth-order valence-corrected chi connectivity index (χ4v) is 4.05. The van der Waals surface area contributed by atoms with Crippen LogP contribution >= 0.6 is 11.8 Å². The van der Waals surface area contributed by atoms with Crippen molar-refractivity contribution in [1.82, 2.24) is 5.32 Å². The standard InChI is InChI=1S/C13H23NO2S/c15-9-10-5-1-2-6-11(10)14-13(16)12-7-3-4-8-17-12/h10-12,15H,1-9H2,(H,14,16). The second-order valence-electron chi connectivity index (χ2n) is 5.20. The second kappa shape index (κ2) is 6.64. The van der Waals surface area contributed by atoms with Crippen molar-refractivity contribution in [3.05, 3.63) is 0 Å². The van der Waals surface area contributed by atoms with Crippen LogP contribution < -0.4 is 5.32 Å². The van der Waals surface area contributed by atoms with Gasteiger partial charge in [0.25, 0.3) is 0 Å². The molecule has 0 aromatic rings. The van der Waals surface area contributed by atoms with Crippen molar-refractivity contribution >= 4 is 17.7 Å². The zero-order valence-corrected chi connectivity index (χ0v) is 11.2. The second-order valence-corrected chi connectivity index (χ2v) is 6.51. The first-order chi connectivity index (χ1) is 8.31. The first-order valence-electron chi connectivity index (χ1n) is 6.84. The molecule has 1 aliphatic heterocycles. The molecule has 2 fully saturated rings. The fraction of sp³-hybridized carbons (Fsp3) is 0.923. The van der Waals surface area contributed by atoms with E-state index in [1.165, 1.54) is 25.7 Å². The van der Waals surface area contributed by atoms with Crippen LogP contribution in [0.1, 0.15) is 44.9 Å². The molecule has 1 aliphatic carbocycles. The van der Waals surface area contributed by atoms with Crippen LogP contribution in [0.15, 0.2) is 0 Å². The lowest BCUT2D eigenvalue weighted by atomic mass is 9.85. The summed E-state index contributed by atoms with van der Waals surface area (Å²) >= 11 is 1.79. The molecule has 17 heavy (non-hydrogen) atoms. The maximum Gasteiger partial charge on any atom is 0.233 e. The Morgan fingerprint density at radius 2 is 1.94 bits per heavy atom. The summed E-state index contributed by atoms with van der Waals surface area (Å²) in [5.41, 5.74) is 0. The number of hydrogen-bond acceptors (Lipinski definition) is 3. The summed E-state index contributed by atoms with van der Waals surface area (Å²) < 4.78 is 0. The van der Waals surface area contributed by atoms with Crippen molar-refractivity contribution in [1.29, 1.82) is 0 Å². The van der Waals surface area contributed by atoms with Gasteiger partial charge in [-0.3, -0.25) is 4.79 Å². The van der Waals surface area contributed by atoms with Crippen LogP contribution in [0.25, 0.3) is 0 Å². The lowest BCUT2D eigenvalue weighted by Gasteiger charge is -2.32. The van der Waals surface area contributed by atoms with Crippen molar-refractivity contribution in [2.45, 2.75) is 56.2 Å². The molecule has 0 spiro atoms. The van der Waals surface area contributed by atoms with E-state index in [9.17, 15) is 9.90 Å². The van der Waals surface area contributed by atoms with Crippen LogP contribution in [0.5, 0.6) is 0 Å². The van der Waals surface area contributed by atoms with Gasteiger partial charge in [-0.25, -0.2) is 0 Å². The number of carbonyl (C=O) groups is 1. The van der Waals surface area contributed by atoms with Crippen LogP contribution in [-0.2, 0) is 4.79 Å². The topological polar surface area (TPSA) is 49.3 Å². The molecule has 4 heteroatoms. The molecular weight excluding hydrogens is 234 g/mol. The lowest BCUT2D eigenvalue weighted by molar-refractivity contribution is -0.122. The number of rotatable bonds is 3. The number of thioether (sulfide) groups is 1. The van der Waals surface area contributed by atoms with Gasteiger partial charge in [-0.2, -0.15) is 0 Å². The number of amides is 1. The monoisotopic (exact) mass is 257 g/mol. The molecule has 1 heterocycles. The Bertz CT molecular complexity index is 254. The minimum absolute atomic E-state index is 0.157. The molecule has 3 nitrogen and oxygen atoms in total. The molecule has 0 bridgehead atoms. The molecule has 2 rings (SSSR count). The van der Waals surface area contributed by atoms with E-state index in [0.717, 1.165) is 25.0 Å². The van der Waals surface area contributed by atoms with Gasteiger partial charge in [0.2, 0.25) is 5.91 Å². The Morgan fingerprint density at radius 3 is 2.65 bits per heavy atom. The van der Waals surface area contributed by atoms with E-state index in [4.69, 9.17) is 0 Å². The van der Waals surface area contributed by atoms with Crippen molar-refractivity contribution in [2.75, 3.05) is 12.4 Å². The molecule has 98 valence electrons. The number of aliphatic hydroxyl groups excluding tert-OH is 1. The quantitative estimate of drug-likeness (QED) is 0.812. The number of aliphatic hydroxyl groups is 1. The molecule has 1 saturated carbocycles. The highest BCUT2D eigenvalue weighted by molar-refractivity contribution is 8.00. The van der Waals surface area contributed by atoms with Gasteiger partial charge in [0, 0.05) is 18.6 Å². The third-order valence-electron chi connectivity index (χ3n) is 3.94. The van der Waals surface area contributed by atoms with Crippen molar-refractivity contribution < 1.29 is 9.90 Å². The molecular formula is C13H23NO2S. The molecule has 0 radical (unpaired) electrons. The van der Waals surface area contributed by atoms with E-state index >= 15 is 0 Å². The minimum atomic E-state index is 0.157. The maximum atomic E-state index is 12.1. The van der Waals surface area contributed by atoms with E-state index in [1.54, 1.807) is 11.8 Å².